The number of carbonyl (C=O) groups excluding carboxylic acids is 1. The lowest BCUT2D eigenvalue weighted by Crippen LogP contribution is -2.38. The first-order valence-electron chi connectivity index (χ1n) is 8.73. The molecule has 0 radical (unpaired) electrons. The van der Waals surface area contributed by atoms with E-state index in [1.807, 2.05) is 18.2 Å². The summed E-state index contributed by atoms with van der Waals surface area (Å²) in [5, 5.41) is 3.89. The summed E-state index contributed by atoms with van der Waals surface area (Å²) in [6.45, 7) is 0. The molecule has 1 N–H and O–H groups in total. The van der Waals surface area contributed by atoms with Gasteiger partial charge in [-0.1, -0.05) is 23.7 Å². The summed E-state index contributed by atoms with van der Waals surface area (Å²) < 4.78 is 1.43. The minimum Gasteiger partial charge on any atom is -0.349 e. The van der Waals surface area contributed by atoms with E-state index in [1.165, 1.54) is 16.2 Å². The van der Waals surface area contributed by atoms with Gasteiger partial charge in [0.25, 0.3) is 5.91 Å². The van der Waals surface area contributed by atoms with Crippen LogP contribution < -0.4 is 10.9 Å². The molecule has 0 atom stereocenters. The predicted molar refractivity (Wildman–Crippen MR) is 100 cm³/mol. The zero-order valence-electron chi connectivity index (χ0n) is 14.4. The predicted octanol–water partition coefficient (Wildman–Crippen LogP) is 3.57. The summed E-state index contributed by atoms with van der Waals surface area (Å²) in [6.07, 6.45) is 6.81. The second kappa shape index (κ2) is 7.87. The van der Waals surface area contributed by atoms with E-state index in [2.05, 4.69) is 11.4 Å². The molecule has 1 heterocycles. The van der Waals surface area contributed by atoms with E-state index in [4.69, 9.17) is 11.6 Å². The summed E-state index contributed by atoms with van der Waals surface area (Å²) in [5.74, 6) is 0.540. The van der Waals surface area contributed by atoms with Crippen molar-refractivity contribution in [2.45, 2.75) is 38.1 Å². The molecule has 1 aromatic carbocycles. The summed E-state index contributed by atoms with van der Waals surface area (Å²) in [6, 6.07) is 11.3. The van der Waals surface area contributed by atoms with Crippen LogP contribution in [0.4, 0.5) is 0 Å². The van der Waals surface area contributed by atoms with Crippen LogP contribution in [0.5, 0.6) is 0 Å². The van der Waals surface area contributed by atoms with Crippen molar-refractivity contribution in [3.63, 3.8) is 0 Å². The van der Waals surface area contributed by atoms with Crippen LogP contribution in [0.2, 0.25) is 5.02 Å². The molecule has 0 bridgehead atoms. The van der Waals surface area contributed by atoms with Gasteiger partial charge >= 0.3 is 0 Å². The van der Waals surface area contributed by atoms with E-state index in [-0.39, 0.29) is 17.5 Å². The Bertz CT molecular complexity index is 807. The van der Waals surface area contributed by atoms with Crippen molar-refractivity contribution >= 4 is 17.5 Å². The number of aromatic nitrogens is 1. The highest BCUT2D eigenvalue weighted by molar-refractivity contribution is 6.30. The third-order valence-corrected chi connectivity index (χ3v) is 5.18. The first kappa shape index (κ1) is 17.7. The van der Waals surface area contributed by atoms with Crippen molar-refractivity contribution in [3.05, 3.63) is 69.1 Å². The summed E-state index contributed by atoms with van der Waals surface area (Å²) in [7, 11) is 1.65. The molecule has 4 nitrogen and oxygen atoms in total. The summed E-state index contributed by atoms with van der Waals surface area (Å²) in [4.78, 5) is 23.8. The number of nitrogens with one attached hydrogen (secondary N) is 1. The zero-order chi connectivity index (χ0) is 17.8. The molecule has 1 aliphatic rings. The Morgan fingerprint density at radius 3 is 2.64 bits per heavy atom. The fourth-order valence-electron chi connectivity index (χ4n) is 3.51. The van der Waals surface area contributed by atoms with E-state index in [0.717, 1.165) is 37.1 Å². The number of hydrogen-bond donors (Lipinski definition) is 1. The maximum absolute atomic E-state index is 12.3. The van der Waals surface area contributed by atoms with Gasteiger partial charge in [-0.2, -0.15) is 0 Å². The number of rotatable bonds is 4. The number of aryl methyl sites for hydroxylation is 1. The minimum absolute atomic E-state index is 0.103. The quantitative estimate of drug-likeness (QED) is 0.908. The van der Waals surface area contributed by atoms with Crippen LogP contribution in [0.15, 0.2) is 47.4 Å². The SMILES string of the molecule is Cn1cc(C(=O)N[C@H]2CC[C@H](Cc3cccc(Cl)c3)CC2)ccc1=O. The fourth-order valence-corrected chi connectivity index (χ4v) is 3.72. The third-order valence-electron chi connectivity index (χ3n) is 4.94. The Balaban J connectivity index is 1.51. The van der Waals surface area contributed by atoms with E-state index in [1.54, 1.807) is 19.3 Å². The number of amides is 1. The Hall–Kier alpha value is -2.07. The van der Waals surface area contributed by atoms with Gasteiger partial charge in [0.1, 0.15) is 0 Å². The van der Waals surface area contributed by atoms with Gasteiger partial charge in [-0.3, -0.25) is 9.59 Å². The molecule has 2 aromatic rings. The van der Waals surface area contributed by atoms with Crippen LogP contribution in [0.3, 0.4) is 0 Å². The van der Waals surface area contributed by atoms with Crippen molar-refractivity contribution in [1.29, 1.82) is 0 Å². The second-order valence-corrected chi connectivity index (χ2v) is 7.33. The lowest BCUT2D eigenvalue weighted by molar-refractivity contribution is 0.0921. The lowest BCUT2D eigenvalue weighted by Gasteiger charge is -2.29. The molecule has 5 heteroatoms. The van der Waals surface area contributed by atoms with Gasteiger partial charge in [0.15, 0.2) is 0 Å². The maximum Gasteiger partial charge on any atom is 0.252 e. The highest BCUT2D eigenvalue weighted by Crippen LogP contribution is 2.28. The highest BCUT2D eigenvalue weighted by Gasteiger charge is 2.23. The van der Waals surface area contributed by atoms with Crippen LogP contribution >= 0.6 is 11.6 Å². The zero-order valence-corrected chi connectivity index (χ0v) is 15.1. The molecule has 1 aromatic heterocycles. The summed E-state index contributed by atoms with van der Waals surface area (Å²) >= 11 is 6.05. The van der Waals surface area contributed by atoms with Crippen molar-refractivity contribution in [1.82, 2.24) is 9.88 Å². The molecule has 1 fully saturated rings. The van der Waals surface area contributed by atoms with Gasteiger partial charge in [-0.05, 0) is 61.8 Å². The van der Waals surface area contributed by atoms with Crippen LogP contribution in [-0.2, 0) is 13.5 Å². The molecule has 1 amide bonds. The second-order valence-electron chi connectivity index (χ2n) is 6.89. The van der Waals surface area contributed by atoms with Crippen LogP contribution in [-0.4, -0.2) is 16.5 Å². The highest BCUT2D eigenvalue weighted by atomic mass is 35.5. The van der Waals surface area contributed by atoms with Gasteiger partial charge in [0.2, 0.25) is 5.56 Å². The number of nitrogens with zero attached hydrogens (tertiary/aromatic N) is 1. The topological polar surface area (TPSA) is 51.1 Å². The van der Waals surface area contributed by atoms with Gasteiger partial charge in [0, 0.05) is 30.4 Å². The Kier molecular flexibility index (Phi) is 5.59. The average molecular weight is 359 g/mol. The number of hydrogen-bond acceptors (Lipinski definition) is 2. The van der Waals surface area contributed by atoms with Crippen molar-refractivity contribution in [2.24, 2.45) is 13.0 Å². The summed E-state index contributed by atoms with van der Waals surface area (Å²) in [5.41, 5.74) is 1.70. The average Bonchev–Trinajstić information content (AvgIpc) is 2.59. The molecule has 0 aliphatic heterocycles. The maximum atomic E-state index is 12.3. The normalized spacial score (nSPS) is 20.2. The van der Waals surface area contributed by atoms with Crippen molar-refractivity contribution in [2.75, 3.05) is 0 Å². The lowest BCUT2D eigenvalue weighted by atomic mass is 9.82. The van der Waals surface area contributed by atoms with Gasteiger partial charge in [0.05, 0.1) is 5.56 Å². The number of halogens is 1. The Morgan fingerprint density at radius 1 is 1.20 bits per heavy atom. The van der Waals surface area contributed by atoms with E-state index >= 15 is 0 Å². The third kappa shape index (κ3) is 4.73. The minimum atomic E-state index is -0.113. The molecule has 1 saturated carbocycles. The molecule has 0 spiro atoms. The fraction of sp³-hybridized carbons (Fsp3) is 0.400. The van der Waals surface area contributed by atoms with Gasteiger partial charge < -0.3 is 9.88 Å². The molecule has 3 rings (SSSR count). The van der Waals surface area contributed by atoms with E-state index in [0.29, 0.717) is 11.5 Å². The molecule has 0 saturated heterocycles. The number of carbonyl (C=O) groups is 1. The molecule has 0 unspecified atom stereocenters. The van der Waals surface area contributed by atoms with Crippen LogP contribution in [0.1, 0.15) is 41.6 Å². The number of benzene rings is 1. The van der Waals surface area contributed by atoms with E-state index in [9.17, 15) is 9.59 Å². The number of pyridine rings is 1. The molecule has 25 heavy (non-hydrogen) atoms. The van der Waals surface area contributed by atoms with Gasteiger partial charge in [-0.15, -0.1) is 0 Å². The monoisotopic (exact) mass is 358 g/mol. The largest absolute Gasteiger partial charge is 0.349 e. The van der Waals surface area contributed by atoms with Crippen LogP contribution in [0.25, 0.3) is 0 Å². The first-order valence-corrected chi connectivity index (χ1v) is 9.11. The van der Waals surface area contributed by atoms with Crippen LogP contribution in [0, 0.1) is 5.92 Å². The molecule has 132 valence electrons. The Labute approximate surface area is 152 Å². The van der Waals surface area contributed by atoms with Gasteiger partial charge in [-0.25, -0.2) is 0 Å². The smallest absolute Gasteiger partial charge is 0.252 e. The van der Waals surface area contributed by atoms with Crippen molar-refractivity contribution < 1.29 is 4.79 Å². The molecular formula is C20H23ClN2O2. The molecule has 1 aliphatic carbocycles. The molecular weight excluding hydrogens is 336 g/mol. The van der Waals surface area contributed by atoms with Crippen molar-refractivity contribution in [3.8, 4) is 0 Å². The Morgan fingerprint density at radius 2 is 1.96 bits per heavy atom. The standard InChI is InChI=1S/C20H23ClN2O2/c1-23-13-16(7-10-19(23)24)20(25)22-18-8-5-14(6-9-18)11-15-3-2-4-17(21)12-15/h2-4,7,10,12-14,18H,5-6,8-9,11H2,1H3,(H,22,25)/t14-,18-. The van der Waals surface area contributed by atoms with E-state index < -0.39 is 0 Å². The first-order chi connectivity index (χ1) is 12.0.